The third kappa shape index (κ3) is 4.70. The van der Waals surface area contributed by atoms with Crippen LogP contribution in [0.4, 0.5) is 5.82 Å². The highest BCUT2D eigenvalue weighted by atomic mass is 32.2. The smallest absolute Gasteiger partial charge is 0.267 e. The lowest BCUT2D eigenvalue weighted by atomic mass is 10.2. The van der Waals surface area contributed by atoms with E-state index in [4.69, 9.17) is 31.4 Å². The van der Waals surface area contributed by atoms with Crippen LogP contribution in [0.25, 0.3) is 11.7 Å². The minimum atomic E-state index is -0.272. The fourth-order valence-electron chi connectivity index (χ4n) is 4.54. The van der Waals surface area contributed by atoms with Crippen LogP contribution in [0.3, 0.4) is 0 Å². The quantitative estimate of drug-likeness (QED) is 0.374. The predicted molar refractivity (Wildman–Crippen MR) is 145 cm³/mol. The minimum Gasteiger partial charge on any atom is -0.454 e. The molecular formula is C26H24N4O5S2. The van der Waals surface area contributed by atoms with Gasteiger partial charge in [-0.25, -0.2) is 4.98 Å². The monoisotopic (exact) mass is 536 g/mol. The third-order valence-corrected chi connectivity index (χ3v) is 7.84. The molecule has 0 unspecified atom stereocenters. The van der Waals surface area contributed by atoms with Crippen LogP contribution in [0.5, 0.6) is 11.5 Å². The van der Waals surface area contributed by atoms with Crippen molar-refractivity contribution in [2.24, 2.45) is 0 Å². The van der Waals surface area contributed by atoms with Crippen molar-refractivity contribution >= 4 is 51.7 Å². The number of carbonyl (C=O) groups excluding carboxylic acids is 1. The van der Waals surface area contributed by atoms with E-state index in [1.165, 1.54) is 16.2 Å². The number of rotatable bonds is 6. The minimum absolute atomic E-state index is 0.0169. The van der Waals surface area contributed by atoms with Gasteiger partial charge in [-0.3, -0.25) is 18.9 Å². The lowest BCUT2D eigenvalue weighted by molar-refractivity contribution is -0.123. The van der Waals surface area contributed by atoms with Crippen molar-refractivity contribution < 1.29 is 19.0 Å². The summed E-state index contributed by atoms with van der Waals surface area (Å²) in [4.78, 5) is 33.5. The third-order valence-electron chi connectivity index (χ3n) is 6.46. The second-order valence-corrected chi connectivity index (χ2v) is 10.8. The number of thiocarbonyl (C=S) groups is 1. The number of aryl methyl sites for hydroxylation is 1. The van der Waals surface area contributed by atoms with E-state index < -0.39 is 0 Å². The second-order valence-electron chi connectivity index (χ2n) is 9.08. The molecule has 0 saturated carbocycles. The molecular weight excluding hydrogens is 512 g/mol. The average Bonchev–Trinajstić information content (AvgIpc) is 3.63. The number of pyridine rings is 1. The summed E-state index contributed by atoms with van der Waals surface area (Å²) in [6.45, 7) is 3.63. The van der Waals surface area contributed by atoms with Gasteiger partial charge in [-0.15, -0.1) is 0 Å². The Hall–Kier alpha value is -3.41. The van der Waals surface area contributed by atoms with Crippen LogP contribution in [0.2, 0.25) is 0 Å². The molecule has 11 heteroatoms. The number of ether oxygens (including phenoxy) is 3. The number of fused-ring (bicyclic) bond motifs is 2. The molecule has 1 aromatic carbocycles. The Morgan fingerprint density at radius 2 is 2.08 bits per heavy atom. The molecule has 2 saturated heterocycles. The maximum Gasteiger partial charge on any atom is 0.267 e. The van der Waals surface area contributed by atoms with Crippen LogP contribution in [-0.4, -0.2) is 50.6 Å². The zero-order chi connectivity index (χ0) is 25.5. The Morgan fingerprint density at radius 3 is 2.92 bits per heavy atom. The van der Waals surface area contributed by atoms with Crippen LogP contribution in [0.1, 0.15) is 29.5 Å². The van der Waals surface area contributed by atoms with Gasteiger partial charge in [0.25, 0.3) is 11.5 Å². The van der Waals surface area contributed by atoms with E-state index in [0.717, 1.165) is 24.0 Å². The first-order valence-corrected chi connectivity index (χ1v) is 13.2. The molecule has 1 amide bonds. The van der Waals surface area contributed by atoms with Crippen LogP contribution >= 0.6 is 24.0 Å². The number of thioether (sulfide) groups is 1. The summed E-state index contributed by atoms with van der Waals surface area (Å²) in [6.07, 6.45) is 5.20. The highest BCUT2D eigenvalue weighted by Crippen LogP contribution is 2.35. The van der Waals surface area contributed by atoms with Gasteiger partial charge in [0.05, 0.1) is 23.1 Å². The fourth-order valence-corrected chi connectivity index (χ4v) is 5.80. The lowest BCUT2D eigenvalue weighted by Gasteiger charge is -2.18. The summed E-state index contributed by atoms with van der Waals surface area (Å²) in [5, 5.41) is 3.29. The Kier molecular flexibility index (Phi) is 6.35. The topological polar surface area (TPSA) is 94.4 Å². The molecule has 0 radical (unpaired) electrons. The molecule has 0 bridgehead atoms. The molecule has 37 heavy (non-hydrogen) atoms. The highest BCUT2D eigenvalue weighted by molar-refractivity contribution is 8.26. The Labute approximate surface area is 222 Å². The van der Waals surface area contributed by atoms with Crippen molar-refractivity contribution in [3.63, 3.8) is 0 Å². The summed E-state index contributed by atoms with van der Waals surface area (Å²) < 4.78 is 18.5. The first kappa shape index (κ1) is 24.0. The lowest BCUT2D eigenvalue weighted by Crippen LogP contribution is -2.35. The molecule has 3 aliphatic rings. The van der Waals surface area contributed by atoms with E-state index in [2.05, 4.69) is 5.32 Å². The summed E-state index contributed by atoms with van der Waals surface area (Å²) in [5.74, 6) is 1.54. The molecule has 9 nitrogen and oxygen atoms in total. The first-order chi connectivity index (χ1) is 18.0. The number of amides is 1. The van der Waals surface area contributed by atoms with E-state index in [1.807, 2.05) is 31.2 Å². The highest BCUT2D eigenvalue weighted by Gasteiger charge is 2.35. The van der Waals surface area contributed by atoms with E-state index in [0.29, 0.717) is 57.4 Å². The zero-order valence-electron chi connectivity index (χ0n) is 20.1. The molecule has 3 aromatic rings. The molecule has 2 aromatic heterocycles. The number of hydrogen-bond donors (Lipinski definition) is 1. The van der Waals surface area contributed by atoms with Crippen molar-refractivity contribution in [2.75, 3.05) is 25.3 Å². The normalized spacial score (nSPS) is 20.0. The van der Waals surface area contributed by atoms with Gasteiger partial charge in [0.2, 0.25) is 6.79 Å². The van der Waals surface area contributed by atoms with Crippen LogP contribution in [0, 0.1) is 6.92 Å². The van der Waals surface area contributed by atoms with Gasteiger partial charge in [0.1, 0.15) is 15.8 Å². The van der Waals surface area contributed by atoms with Crippen LogP contribution < -0.4 is 20.3 Å². The van der Waals surface area contributed by atoms with Crippen molar-refractivity contribution in [2.45, 2.75) is 32.4 Å². The largest absolute Gasteiger partial charge is 0.454 e. The van der Waals surface area contributed by atoms with Gasteiger partial charge in [-0.1, -0.05) is 36.1 Å². The standard InChI is InChI=1S/C26H24N4O5S2/c1-15-4-7-22-28-23(27-11-16-5-6-19-20(9-16)35-14-34-19)18(24(31)29(22)12-15)10-21-25(32)30(26(36)37-21)13-17-3-2-8-33-17/h4-7,9-10,12,17,27H,2-3,8,11,13-14H2,1H3/b21-10-/t17-/m0/s1. The van der Waals surface area contributed by atoms with Crippen molar-refractivity contribution in [3.05, 3.63) is 68.5 Å². The van der Waals surface area contributed by atoms with Crippen molar-refractivity contribution in [1.29, 1.82) is 0 Å². The van der Waals surface area contributed by atoms with Gasteiger partial charge in [-0.05, 0) is 55.2 Å². The number of nitrogens with one attached hydrogen (secondary N) is 1. The number of nitrogens with zero attached hydrogens (tertiary/aromatic N) is 3. The van der Waals surface area contributed by atoms with E-state index >= 15 is 0 Å². The molecule has 5 heterocycles. The van der Waals surface area contributed by atoms with Crippen LogP contribution in [-0.2, 0) is 16.1 Å². The second kappa shape index (κ2) is 9.81. The summed E-state index contributed by atoms with van der Waals surface area (Å²) >= 11 is 6.69. The number of aromatic nitrogens is 2. The average molecular weight is 537 g/mol. The molecule has 0 spiro atoms. The number of carbonyl (C=O) groups is 1. The molecule has 190 valence electrons. The molecule has 1 atom stereocenters. The van der Waals surface area contributed by atoms with Gasteiger partial charge in [0, 0.05) is 19.3 Å². The Morgan fingerprint density at radius 1 is 1.22 bits per heavy atom. The molecule has 0 aliphatic carbocycles. The van der Waals surface area contributed by atoms with E-state index in [1.54, 1.807) is 23.2 Å². The van der Waals surface area contributed by atoms with Gasteiger partial charge in [-0.2, -0.15) is 0 Å². The number of hydrogen-bond acceptors (Lipinski definition) is 9. The maximum absolute atomic E-state index is 13.6. The number of benzene rings is 1. The number of anilines is 1. The Balaban J connectivity index is 1.35. The van der Waals surface area contributed by atoms with E-state index in [-0.39, 0.29) is 24.4 Å². The molecule has 6 rings (SSSR count). The summed E-state index contributed by atoms with van der Waals surface area (Å²) in [6, 6.07) is 9.37. The predicted octanol–water partition coefficient (Wildman–Crippen LogP) is 3.72. The first-order valence-electron chi connectivity index (χ1n) is 12.0. The van der Waals surface area contributed by atoms with Crippen molar-refractivity contribution in [1.82, 2.24) is 14.3 Å². The summed E-state index contributed by atoms with van der Waals surface area (Å²) in [5.41, 5.74) is 2.38. The van der Waals surface area contributed by atoms with Gasteiger partial charge >= 0.3 is 0 Å². The summed E-state index contributed by atoms with van der Waals surface area (Å²) in [7, 11) is 0. The molecule has 2 fully saturated rings. The van der Waals surface area contributed by atoms with Crippen LogP contribution in [0.15, 0.2) is 46.2 Å². The van der Waals surface area contributed by atoms with Crippen molar-refractivity contribution in [3.8, 4) is 11.5 Å². The fraction of sp³-hybridized carbons (Fsp3) is 0.308. The van der Waals surface area contributed by atoms with E-state index in [9.17, 15) is 9.59 Å². The maximum atomic E-state index is 13.6. The molecule has 1 N–H and O–H groups in total. The molecule has 3 aliphatic heterocycles. The Bertz CT molecular complexity index is 1510. The SMILES string of the molecule is Cc1ccc2nc(NCc3ccc4c(c3)OCO4)c(/C=C3\SC(=S)N(C[C@@H]4CCCO4)C3=O)c(=O)n2c1. The zero-order valence-corrected chi connectivity index (χ0v) is 21.7. The van der Waals surface area contributed by atoms with Gasteiger partial charge in [0.15, 0.2) is 11.5 Å². The van der Waals surface area contributed by atoms with Gasteiger partial charge < -0.3 is 19.5 Å².